The molecule has 60 heavy (non-hydrogen) atoms. The molecule has 1 fully saturated rings. The summed E-state index contributed by atoms with van der Waals surface area (Å²) < 4.78 is 58.9. The fourth-order valence-electron chi connectivity index (χ4n) is 7.41. The number of unbranched alkanes of at least 4 members (excludes halogenated alkanes) is 25. The van der Waals surface area contributed by atoms with Gasteiger partial charge in [-0.15, -0.1) is 0 Å². The van der Waals surface area contributed by atoms with Crippen LogP contribution in [0.4, 0.5) is 0 Å². The Morgan fingerprint density at radius 1 is 0.633 bits per heavy atom. The monoisotopic (exact) mass is 877 g/mol. The van der Waals surface area contributed by atoms with Gasteiger partial charge in [0, 0.05) is 13.0 Å². The number of carbonyl (C=O) groups is 1. The van der Waals surface area contributed by atoms with Crippen LogP contribution in [0.2, 0.25) is 0 Å². The zero-order chi connectivity index (χ0) is 43.9. The van der Waals surface area contributed by atoms with Crippen molar-refractivity contribution in [3.8, 4) is 0 Å². The lowest BCUT2D eigenvalue weighted by Crippen LogP contribution is -2.60. The van der Waals surface area contributed by atoms with Crippen LogP contribution in [0.1, 0.15) is 206 Å². The van der Waals surface area contributed by atoms with Crippen LogP contribution in [0.5, 0.6) is 0 Å². The van der Waals surface area contributed by atoms with E-state index in [4.69, 9.17) is 23.5 Å². The summed E-state index contributed by atoms with van der Waals surface area (Å²) in [5.74, 6) is -0.399. The second-order valence-electron chi connectivity index (χ2n) is 16.7. The maximum atomic E-state index is 12.8. The zero-order valence-corrected chi connectivity index (χ0v) is 38.6. The minimum atomic E-state index is -5.06. The summed E-state index contributed by atoms with van der Waals surface area (Å²) >= 11 is 0. The zero-order valence-electron chi connectivity index (χ0n) is 37.8. The molecule has 1 rings (SSSR count). The van der Waals surface area contributed by atoms with E-state index in [1.54, 1.807) is 0 Å². The molecule has 1 aliphatic heterocycles. The van der Waals surface area contributed by atoms with E-state index in [2.05, 4.69) is 42.3 Å². The first kappa shape index (κ1) is 56.6. The molecule has 1 saturated heterocycles. The van der Waals surface area contributed by atoms with E-state index in [1.165, 1.54) is 135 Å². The van der Waals surface area contributed by atoms with Crippen molar-refractivity contribution in [2.24, 2.45) is 0 Å². The van der Waals surface area contributed by atoms with E-state index in [0.29, 0.717) is 13.0 Å². The van der Waals surface area contributed by atoms with E-state index < -0.39 is 59.8 Å². The summed E-state index contributed by atoms with van der Waals surface area (Å²) in [6.07, 6.45) is 35.2. The van der Waals surface area contributed by atoms with E-state index in [0.717, 1.165) is 44.9 Å². The van der Waals surface area contributed by atoms with Crippen LogP contribution in [0.25, 0.3) is 0 Å². The second kappa shape index (κ2) is 39.2. The van der Waals surface area contributed by atoms with Crippen molar-refractivity contribution in [1.29, 1.82) is 0 Å². The van der Waals surface area contributed by atoms with Gasteiger partial charge in [0.05, 0.1) is 19.8 Å². The number of aliphatic hydroxyl groups excluding tert-OH is 3. The van der Waals surface area contributed by atoms with Crippen molar-refractivity contribution in [2.45, 2.75) is 243 Å². The highest BCUT2D eigenvalue weighted by Gasteiger charge is 2.48. The average molecular weight is 877 g/mol. The lowest BCUT2D eigenvalue weighted by Gasteiger charge is -2.41. The third-order valence-corrected chi connectivity index (χ3v) is 11.5. The molecule has 0 aliphatic carbocycles. The maximum absolute atomic E-state index is 12.8. The minimum Gasteiger partial charge on any atom is -0.457 e. The van der Waals surface area contributed by atoms with Crippen LogP contribution in [-0.4, -0.2) is 97.5 Å². The minimum absolute atomic E-state index is 0.0390. The van der Waals surface area contributed by atoms with Crippen molar-refractivity contribution in [3.63, 3.8) is 0 Å². The number of allylic oxidation sites excluding steroid dienone is 4. The average Bonchev–Trinajstić information content (AvgIpc) is 3.22. The number of ether oxygens (including phenoxy) is 4. The molecule has 6 unspecified atom stereocenters. The predicted octanol–water partition coefficient (Wildman–Crippen LogP) is 10.4. The Bertz CT molecular complexity index is 1150. The van der Waals surface area contributed by atoms with Gasteiger partial charge in [0.2, 0.25) is 0 Å². The van der Waals surface area contributed by atoms with E-state index in [-0.39, 0.29) is 19.6 Å². The molecule has 354 valence electrons. The number of hydrogen-bond acceptors (Lipinski definition) is 11. The molecule has 0 amide bonds. The van der Waals surface area contributed by atoms with Gasteiger partial charge in [-0.3, -0.25) is 9.35 Å². The Morgan fingerprint density at radius 3 is 1.58 bits per heavy atom. The van der Waals surface area contributed by atoms with Crippen molar-refractivity contribution in [3.05, 3.63) is 24.3 Å². The highest BCUT2D eigenvalue weighted by molar-refractivity contribution is 7.80. The fraction of sp³-hybridized carbons (Fsp3) is 0.894. The smallest absolute Gasteiger partial charge is 0.397 e. The molecule has 0 saturated carbocycles. The number of carbonyl (C=O) groups excluding carboxylic acids is 1. The van der Waals surface area contributed by atoms with Crippen molar-refractivity contribution >= 4 is 16.4 Å². The molecule has 0 spiro atoms. The van der Waals surface area contributed by atoms with Gasteiger partial charge in [0.1, 0.15) is 30.5 Å². The first-order valence-electron chi connectivity index (χ1n) is 24.1. The molecule has 4 N–H and O–H groups in total. The summed E-state index contributed by atoms with van der Waals surface area (Å²) in [6.45, 7) is 3.97. The molecule has 6 atom stereocenters. The Labute approximate surface area is 365 Å². The third-order valence-electron chi connectivity index (χ3n) is 11.1. The van der Waals surface area contributed by atoms with Gasteiger partial charge >= 0.3 is 16.4 Å². The molecule has 13 heteroatoms. The molecule has 0 bridgehead atoms. The standard InChI is InChI=1S/C47H88O12S/c1-3-5-7-9-11-13-14-15-16-17-18-19-20-21-22-23-24-25-26-27-28-29-30-32-34-36-43(49)57-41(39-55-37-35-33-31-12-10-8-6-4-2)40-56-47-45(51)46(59-60(52,53)54)44(50)42(38-48)58-47/h14-15,17-18,41-42,44-48,50-51H,3-13,16,19-40H2,1-2H3,(H,52,53,54)/b15-14-,18-17-. The Morgan fingerprint density at radius 2 is 1.10 bits per heavy atom. The summed E-state index contributed by atoms with van der Waals surface area (Å²) in [5.41, 5.74) is 0. The molecule has 0 radical (unpaired) electrons. The van der Waals surface area contributed by atoms with Gasteiger partial charge in [-0.05, 0) is 44.9 Å². The van der Waals surface area contributed by atoms with Crippen LogP contribution in [-0.2, 0) is 38.3 Å². The Kier molecular flexibility index (Phi) is 37.0. The van der Waals surface area contributed by atoms with E-state index in [1.807, 2.05) is 0 Å². The van der Waals surface area contributed by atoms with Crippen molar-refractivity contribution in [2.75, 3.05) is 26.4 Å². The molecule has 1 heterocycles. The number of esters is 1. The van der Waals surface area contributed by atoms with Gasteiger partial charge in [0.15, 0.2) is 6.29 Å². The first-order chi connectivity index (χ1) is 29.1. The van der Waals surface area contributed by atoms with Crippen LogP contribution in [0.15, 0.2) is 24.3 Å². The van der Waals surface area contributed by atoms with Crippen LogP contribution < -0.4 is 0 Å². The summed E-state index contributed by atoms with van der Waals surface area (Å²) in [6, 6.07) is 0. The summed E-state index contributed by atoms with van der Waals surface area (Å²) in [4.78, 5) is 12.8. The molecule has 1 aliphatic rings. The summed E-state index contributed by atoms with van der Waals surface area (Å²) in [7, 11) is -5.06. The van der Waals surface area contributed by atoms with Crippen molar-refractivity contribution < 1.29 is 56.2 Å². The van der Waals surface area contributed by atoms with Crippen molar-refractivity contribution in [1.82, 2.24) is 0 Å². The third kappa shape index (κ3) is 32.3. The molecule has 0 aromatic carbocycles. The SMILES string of the molecule is CCCCCCC/C=C\C/C=C\CCCCCCCCCCCCCCCC(=O)OC(COCCCCCCCCCC)COC1OC(CO)C(O)C(OS(=O)(=O)O)C1O. The Balaban J connectivity index is 2.26. The van der Waals surface area contributed by atoms with Gasteiger partial charge in [-0.1, -0.05) is 179 Å². The summed E-state index contributed by atoms with van der Waals surface area (Å²) in [5, 5.41) is 30.6. The lowest BCUT2D eigenvalue weighted by atomic mass is 9.99. The molecule has 12 nitrogen and oxygen atoms in total. The highest BCUT2D eigenvalue weighted by Crippen LogP contribution is 2.26. The lowest BCUT2D eigenvalue weighted by molar-refractivity contribution is -0.301. The predicted molar refractivity (Wildman–Crippen MR) is 239 cm³/mol. The molecule has 0 aromatic rings. The first-order valence-corrected chi connectivity index (χ1v) is 25.5. The molecular formula is C47H88O12S. The van der Waals surface area contributed by atoms with Gasteiger partial charge in [0.25, 0.3) is 0 Å². The van der Waals surface area contributed by atoms with Crippen LogP contribution in [0.3, 0.4) is 0 Å². The van der Waals surface area contributed by atoms with Crippen LogP contribution >= 0.6 is 0 Å². The molecule has 0 aromatic heterocycles. The topological polar surface area (TPSA) is 178 Å². The second-order valence-corrected chi connectivity index (χ2v) is 17.8. The Hall–Kier alpha value is -1.42. The molecular weight excluding hydrogens is 789 g/mol. The number of aliphatic hydroxyl groups is 3. The van der Waals surface area contributed by atoms with Crippen LogP contribution in [0, 0.1) is 0 Å². The maximum Gasteiger partial charge on any atom is 0.397 e. The quantitative estimate of drug-likeness (QED) is 0.0198. The fourth-order valence-corrected chi connectivity index (χ4v) is 7.92. The largest absolute Gasteiger partial charge is 0.457 e. The van der Waals surface area contributed by atoms with Gasteiger partial charge in [-0.25, -0.2) is 4.18 Å². The van der Waals surface area contributed by atoms with Gasteiger partial charge in [-0.2, -0.15) is 8.42 Å². The van der Waals surface area contributed by atoms with Gasteiger partial charge < -0.3 is 34.3 Å². The normalized spacial score (nSPS) is 20.4. The number of hydrogen-bond donors (Lipinski definition) is 4. The number of rotatable bonds is 42. The van der Waals surface area contributed by atoms with E-state index in [9.17, 15) is 28.5 Å². The highest BCUT2D eigenvalue weighted by atomic mass is 32.3. The van der Waals surface area contributed by atoms with E-state index >= 15 is 0 Å².